The Labute approximate surface area is 162 Å². The smallest absolute Gasteiger partial charge is 0.191 e. The van der Waals surface area contributed by atoms with Crippen LogP contribution in [0.25, 0.3) is 0 Å². The van der Waals surface area contributed by atoms with Crippen LogP contribution in [0.4, 0.5) is 4.39 Å². The molecule has 1 heterocycles. The lowest BCUT2D eigenvalue weighted by molar-refractivity contribution is 0.242. The molecule has 5 nitrogen and oxygen atoms in total. The predicted molar refractivity (Wildman–Crippen MR) is 108 cm³/mol. The first-order valence-electron chi connectivity index (χ1n) is 10.4. The van der Waals surface area contributed by atoms with Crippen LogP contribution in [0.15, 0.2) is 23.2 Å². The maximum absolute atomic E-state index is 14.0. The van der Waals surface area contributed by atoms with Gasteiger partial charge in [0.25, 0.3) is 0 Å². The molecule has 1 saturated carbocycles. The van der Waals surface area contributed by atoms with E-state index in [0.717, 1.165) is 37.1 Å². The van der Waals surface area contributed by atoms with Crippen LogP contribution in [-0.2, 0) is 6.54 Å². The second kappa shape index (κ2) is 9.93. The van der Waals surface area contributed by atoms with Gasteiger partial charge in [0.05, 0.1) is 13.2 Å². The quantitative estimate of drug-likeness (QED) is 0.566. The minimum atomic E-state index is -0.328. The number of halogens is 1. The molecule has 1 aromatic carbocycles. The fourth-order valence-corrected chi connectivity index (χ4v) is 4.11. The summed E-state index contributed by atoms with van der Waals surface area (Å²) in [5.74, 6) is 0.781. The molecule has 150 valence electrons. The molecule has 1 atom stereocenters. The highest BCUT2D eigenvalue weighted by Crippen LogP contribution is 2.26. The van der Waals surface area contributed by atoms with Crippen molar-refractivity contribution in [1.82, 2.24) is 15.5 Å². The van der Waals surface area contributed by atoms with Crippen LogP contribution < -0.4 is 15.4 Å². The lowest BCUT2D eigenvalue weighted by Gasteiger charge is -2.24. The Morgan fingerprint density at radius 3 is 2.78 bits per heavy atom. The Morgan fingerprint density at radius 1 is 1.26 bits per heavy atom. The SMILES string of the molecule is CCNC(=NCc1ccc(OCC)c(F)c1)NC1CCN(C2CCCC2)C1. The number of nitrogens with one attached hydrogen (secondary N) is 2. The van der Waals surface area contributed by atoms with Gasteiger partial charge in [-0.2, -0.15) is 0 Å². The number of hydrogen-bond donors (Lipinski definition) is 2. The minimum Gasteiger partial charge on any atom is -0.491 e. The molecular formula is C21H33FN4O. The largest absolute Gasteiger partial charge is 0.491 e. The molecule has 2 fully saturated rings. The van der Waals surface area contributed by atoms with Gasteiger partial charge in [-0.3, -0.25) is 4.90 Å². The van der Waals surface area contributed by atoms with Gasteiger partial charge in [-0.25, -0.2) is 9.38 Å². The molecule has 0 bridgehead atoms. The van der Waals surface area contributed by atoms with E-state index in [0.29, 0.717) is 24.9 Å². The van der Waals surface area contributed by atoms with Gasteiger partial charge in [0, 0.05) is 31.7 Å². The zero-order chi connectivity index (χ0) is 19.1. The highest BCUT2D eigenvalue weighted by atomic mass is 19.1. The summed E-state index contributed by atoms with van der Waals surface area (Å²) in [4.78, 5) is 7.29. The maximum Gasteiger partial charge on any atom is 0.191 e. The molecule has 0 spiro atoms. The number of rotatable bonds is 7. The van der Waals surface area contributed by atoms with Crippen LogP contribution in [0.2, 0.25) is 0 Å². The van der Waals surface area contributed by atoms with E-state index >= 15 is 0 Å². The van der Waals surface area contributed by atoms with Gasteiger partial charge in [-0.15, -0.1) is 0 Å². The van der Waals surface area contributed by atoms with E-state index in [1.165, 1.54) is 38.3 Å². The topological polar surface area (TPSA) is 48.9 Å². The number of benzene rings is 1. The standard InChI is InChI=1S/C21H33FN4O/c1-3-23-21(24-14-16-9-10-20(27-4-2)19(22)13-16)25-17-11-12-26(15-17)18-7-5-6-8-18/h9-10,13,17-18H,3-8,11-12,14-15H2,1-2H3,(H2,23,24,25). The summed E-state index contributed by atoms with van der Waals surface area (Å²) < 4.78 is 19.3. The van der Waals surface area contributed by atoms with Crippen LogP contribution in [-0.4, -0.2) is 49.2 Å². The third-order valence-corrected chi connectivity index (χ3v) is 5.46. The van der Waals surface area contributed by atoms with E-state index in [1.807, 2.05) is 13.0 Å². The van der Waals surface area contributed by atoms with Gasteiger partial charge in [-0.1, -0.05) is 18.9 Å². The van der Waals surface area contributed by atoms with Crippen molar-refractivity contribution in [1.29, 1.82) is 0 Å². The number of ether oxygens (including phenoxy) is 1. The number of hydrogen-bond acceptors (Lipinski definition) is 3. The number of nitrogens with zero attached hydrogens (tertiary/aromatic N) is 2. The molecule has 1 saturated heterocycles. The Bertz CT molecular complexity index is 631. The Morgan fingerprint density at radius 2 is 2.07 bits per heavy atom. The first kappa shape index (κ1) is 19.9. The first-order chi connectivity index (χ1) is 13.2. The Balaban J connectivity index is 1.56. The van der Waals surface area contributed by atoms with Crippen molar-refractivity contribution in [3.63, 3.8) is 0 Å². The van der Waals surface area contributed by atoms with Crippen molar-refractivity contribution in [3.8, 4) is 5.75 Å². The van der Waals surface area contributed by atoms with Crippen molar-refractivity contribution < 1.29 is 9.13 Å². The van der Waals surface area contributed by atoms with Crippen molar-refractivity contribution in [2.24, 2.45) is 4.99 Å². The molecule has 0 aromatic heterocycles. The lowest BCUT2D eigenvalue weighted by atomic mass is 10.2. The Hall–Kier alpha value is -1.82. The maximum atomic E-state index is 14.0. The van der Waals surface area contributed by atoms with Crippen LogP contribution in [0, 0.1) is 5.82 Å². The van der Waals surface area contributed by atoms with E-state index in [1.54, 1.807) is 6.07 Å². The van der Waals surface area contributed by atoms with E-state index in [4.69, 9.17) is 4.74 Å². The number of aliphatic imine (C=N–C) groups is 1. The lowest BCUT2D eigenvalue weighted by Crippen LogP contribution is -2.45. The summed E-state index contributed by atoms with van der Waals surface area (Å²) in [5.41, 5.74) is 0.840. The van der Waals surface area contributed by atoms with Gasteiger partial charge in [0.2, 0.25) is 0 Å². The highest BCUT2D eigenvalue weighted by Gasteiger charge is 2.30. The van der Waals surface area contributed by atoms with Crippen molar-refractivity contribution >= 4 is 5.96 Å². The monoisotopic (exact) mass is 376 g/mol. The zero-order valence-electron chi connectivity index (χ0n) is 16.6. The highest BCUT2D eigenvalue weighted by molar-refractivity contribution is 5.80. The fraction of sp³-hybridized carbons (Fsp3) is 0.667. The van der Waals surface area contributed by atoms with E-state index in [9.17, 15) is 4.39 Å². The Kier molecular flexibility index (Phi) is 7.33. The molecule has 27 heavy (non-hydrogen) atoms. The summed E-state index contributed by atoms with van der Waals surface area (Å²) in [6.07, 6.45) is 6.61. The van der Waals surface area contributed by atoms with Crippen LogP contribution in [0.5, 0.6) is 5.75 Å². The summed E-state index contributed by atoms with van der Waals surface area (Å²) in [5, 5.41) is 6.88. The summed E-state index contributed by atoms with van der Waals surface area (Å²) in [7, 11) is 0. The summed E-state index contributed by atoms with van der Waals surface area (Å²) in [6, 6.07) is 6.28. The third kappa shape index (κ3) is 5.58. The molecule has 0 amide bonds. The van der Waals surface area contributed by atoms with Gasteiger partial charge in [0.15, 0.2) is 17.5 Å². The van der Waals surface area contributed by atoms with Crippen molar-refractivity contribution in [3.05, 3.63) is 29.6 Å². The van der Waals surface area contributed by atoms with Gasteiger partial charge < -0.3 is 15.4 Å². The van der Waals surface area contributed by atoms with E-state index in [-0.39, 0.29) is 5.82 Å². The number of guanidine groups is 1. The van der Waals surface area contributed by atoms with Crippen molar-refractivity contribution in [2.75, 3.05) is 26.2 Å². The van der Waals surface area contributed by atoms with Gasteiger partial charge in [-0.05, 0) is 50.8 Å². The number of likely N-dealkylation sites (tertiary alicyclic amines) is 1. The van der Waals surface area contributed by atoms with Crippen molar-refractivity contribution in [2.45, 2.75) is 64.6 Å². The molecule has 2 N–H and O–H groups in total. The molecule has 2 aliphatic rings. The molecule has 1 unspecified atom stereocenters. The van der Waals surface area contributed by atoms with Gasteiger partial charge in [0.1, 0.15) is 0 Å². The zero-order valence-corrected chi connectivity index (χ0v) is 16.6. The average molecular weight is 377 g/mol. The molecule has 6 heteroatoms. The second-order valence-electron chi connectivity index (χ2n) is 7.46. The van der Waals surface area contributed by atoms with Crippen LogP contribution in [0.3, 0.4) is 0 Å². The van der Waals surface area contributed by atoms with Gasteiger partial charge >= 0.3 is 0 Å². The molecular weight excluding hydrogens is 343 g/mol. The third-order valence-electron chi connectivity index (χ3n) is 5.46. The first-order valence-corrected chi connectivity index (χ1v) is 10.4. The summed E-state index contributed by atoms with van der Waals surface area (Å²) in [6.45, 7) is 7.89. The van der Waals surface area contributed by atoms with Crippen LogP contribution >= 0.6 is 0 Å². The molecule has 0 radical (unpaired) electrons. The summed E-state index contributed by atoms with van der Waals surface area (Å²) >= 11 is 0. The predicted octanol–water partition coefficient (Wildman–Crippen LogP) is 3.30. The normalized spacial score (nSPS) is 21.6. The molecule has 1 aromatic rings. The van der Waals surface area contributed by atoms with Crippen LogP contribution in [0.1, 0.15) is 51.5 Å². The average Bonchev–Trinajstić information content (AvgIpc) is 3.33. The second-order valence-corrected chi connectivity index (χ2v) is 7.46. The molecule has 1 aliphatic carbocycles. The minimum absolute atomic E-state index is 0.299. The molecule has 3 rings (SSSR count). The van der Waals surface area contributed by atoms with E-state index in [2.05, 4.69) is 27.4 Å². The fourth-order valence-electron chi connectivity index (χ4n) is 4.11. The van der Waals surface area contributed by atoms with E-state index < -0.39 is 0 Å². The molecule has 1 aliphatic heterocycles.